The van der Waals surface area contributed by atoms with Gasteiger partial charge in [0, 0.05) is 5.57 Å². The zero-order valence-corrected chi connectivity index (χ0v) is 5.49. The quantitative estimate of drug-likeness (QED) is 0.505. The topological polar surface area (TPSA) is 26.1 Å². The Hall–Kier alpha value is -1.31. The van der Waals surface area contributed by atoms with Crippen molar-refractivity contribution in [3.63, 3.8) is 0 Å². The second kappa shape index (κ2) is 2.14. The van der Waals surface area contributed by atoms with Crippen LogP contribution in [0.25, 0.3) is 0 Å². The van der Waals surface area contributed by atoms with E-state index in [2.05, 4.69) is 22.5 Å². The van der Waals surface area contributed by atoms with Crippen LogP contribution in [0.1, 0.15) is 0 Å². The first-order valence-corrected chi connectivity index (χ1v) is 3.29. The van der Waals surface area contributed by atoms with Gasteiger partial charge in [0.1, 0.15) is 12.2 Å². The fourth-order valence-corrected chi connectivity index (χ4v) is 1.08. The normalized spacial score (nSPS) is 27.2. The number of hydrogen-bond acceptors (Lipinski definition) is 2. The van der Waals surface area contributed by atoms with Gasteiger partial charge in [0.05, 0.1) is 0 Å². The van der Waals surface area contributed by atoms with Crippen LogP contribution < -0.4 is 10.3 Å². The largest absolute Gasteiger partial charge is 0.280 e. The van der Waals surface area contributed by atoms with E-state index in [-0.39, 0.29) is 0 Å². The van der Waals surface area contributed by atoms with E-state index in [1.807, 2.05) is 18.4 Å². The molecular weight excluding hydrogens is 124 g/mol. The van der Waals surface area contributed by atoms with Crippen LogP contribution in [0.15, 0.2) is 36.1 Å². The van der Waals surface area contributed by atoms with Gasteiger partial charge < -0.3 is 0 Å². The van der Waals surface area contributed by atoms with Crippen molar-refractivity contribution in [3.05, 3.63) is 36.1 Å². The highest BCUT2D eigenvalue weighted by Crippen LogP contribution is 2.10. The molecule has 0 fully saturated rings. The molecule has 0 saturated carbocycles. The number of fused-ring (bicyclic) bond motifs is 1. The van der Waals surface area contributed by atoms with Gasteiger partial charge in [0.2, 0.25) is 0 Å². The van der Waals surface area contributed by atoms with Crippen LogP contribution >= 0.6 is 0 Å². The summed E-state index contributed by atoms with van der Waals surface area (Å²) in [5.74, 6) is 0. The van der Waals surface area contributed by atoms with Crippen molar-refractivity contribution >= 4 is 6.34 Å². The van der Waals surface area contributed by atoms with Crippen molar-refractivity contribution < 1.29 is 0 Å². The zero-order chi connectivity index (χ0) is 6.81. The van der Waals surface area contributed by atoms with Crippen LogP contribution in [0, 0.1) is 0 Å². The summed E-state index contributed by atoms with van der Waals surface area (Å²) < 4.78 is 0. The fourth-order valence-electron chi connectivity index (χ4n) is 1.08. The van der Waals surface area contributed by atoms with Crippen molar-refractivity contribution in [3.8, 4) is 0 Å². The summed E-state index contributed by atoms with van der Waals surface area (Å²) in [5.41, 5.74) is 1.23. The molecule has 1 radical (unpaired) electrons. The van der Waals surface area contributed by atoms with Gasteiger partial charge in [-0.2, -0.15) is 0 Å². The minimum atomic E-state index is 0.350. The van der Waals surface area contributed by atoms with Gasteiger partial charge in [0.25, 0.3) is 6.34 Å². The summed E-state index contributed by atoms with van der Waals surface area (Å²) in [5, 5.41) is 3.12. The molecule has 0 aromatic rings. The van der Waals surface area contributed by atoms with Crippen LogP contribution in [-0.4, -0.2) is 12.4 Å². The molecule has 10 heavy (non-hydrogen) atoms. The van der Waals surface area contributed by atoms with Gasteiger partial charge in [-0.15, -0.1) is 0 Å². The van der Waals surface area contributed by atoms with E-state index in [4.69, 9.17) is 0 Å². The first-order valence-electron chi connectivity index (χ1n) is 3.29. The lowest BCUT2D eigenvalue weighted by molar-refractivity contribution is 0.829. The van der Waals surface area contributed by atoms with Gasteiger partial charge in [-0.3, -0.25) is 5.32 Å². The third kappa shape index (κ3) is 0.778. The average molecular weight is 132 g/mol. The van der Waals surface area contributed by atoms with Crippen molar-refractivity contribution in [1.82, 2.24) is 10.3 Å². The van der Waals surface area contributed by atoms with Crippen molar-refractivity contribution in [2.75, 3.05) is 0 Å². The van der Waals surface area contributed by atoms with E-state index in [0.29, 0.717) is 6.04 Å². The predicted molar refractivity (Wildman–Crippen MR) is 41.5 cm³/mol. The molecule has 1 atom stereocenters. The lowest BCUT2D eigenvalue weighted by atomic mass is 10.0. The Morgan fingerprint density at radius 3 is 3.30 bits per heavy atom. The molecule has 1 aliphatic carbocycles. The average Bonchev–Trinajstić information content (AvgIpc) is 2.05. The minimum absolute atomic E-state index is 0.350. The predicted octanol–water partition coefficient (Wildman–Crippen LogP) is 0.332. The summed E-state index contributed by atoms with van der Waals surface area (Å²) in [7, 11) is 0. The Bertz CT molecular complexity index is 246. The van der Waals surface area contributed by atoms with Crippen molar-refractivity contribution in [2.45, 2.75) is 6.04 Å². The number of nitrogens with one attached hydrogen (secondary N) is 1. The van der Waals surface area contributed by atoms with Gasteiger partial charge >= 0.3 is 0 Å². The molecule has 2 heteroatoms. The molecule has 0 aromatic carbocycles. The third-order valence-corrected chi connectivity index (χ3v) is 1.61. The summed E-state index contributed by atoms with van der Waals surface area (Å²) in [6.45, 7) is 0. The van der Waals surface area contributed by atoms with Crippen LogP contribution in [0.5, 0.6) is 0 Å². The maximum absolute atomic E-state index is 3.98. The zero-order valence-electron chi connectivity index (χ0n) is 5.49. The third-order valence-electron chi connectivity index (χ3n) is 1.61. The van der Waals surface area contributed by atoms with Crippen LogP contribution in [0.4, 0.5) is 0 Å². The summed E-state index contributed by atoms with van der Waals surface area (Å²) in [4.78, 5) is 3.98. The molecule has 0 amide bonds. The first-order chi connectivity index (χ1) is 4.97. The Labute approximate surface area is 59.7 Å². The number of allylic oxidation sites excluding steroid dienone is 2. The summed E-state index contributed by atoms with van der Waals surface area (Å²) >= 11 is 0. The number of aliphatic imine (C=N–C) groups is 1. The maximum Gasteiger partial charge on any atom is 0.280 e. The highest BCUT2D eigenvalue weighted by Gasteiger charge is 2.16. The first kappa shape index (κ1) is 5.47. The van der Waals surface area contributed by atoms with Crippen molar-refractivity contribution in [2.24, 2.45) is 0 Å². The Balaban J connectivity index is 2.34. The van der Waals surface area contributed by atoms with Gasteiger partial charge in [-0.25, -0.2) is 0 Å². The van der Waals surface area contributed by atoms with Gasteiger partial charge in [-0.1, -0.05) is 23.2 Å². The maximum atomic E-state index is 3.98. The van der Waals surface area contributed by atoms with Gasteiger partial charge in [-0.05, 0) is 6.08 Å². The van der Waals surface area contributed by atoms with E-state index < -0.39 is 0 Å². The lowest BCUT2D eigenvalue weighted by Crippen LogP contribution is -2.32. The molecule has 0 aromatic heterocycles. The molecule has 0 spiro atoms. The molecule has 1 N–H and O–H groups in total. The minimum Gasteiger partial charge on any atom is -0.267 e. The van der Waals surface area contributed by atoms with E-state index >= 15 is 0 Å². The number of rotatable bonds is 0. The molecule has 1 heterocycles. The highest BCUT2D eigenvalue weighted by molar-refractivity contribution is 5.60. The molecule has 2 nitrogen and oxygen atoms in total. The lowest BCUT2D eigenvalue weighted by Gasteiger charge is -2.11. The number of nitrogens with zero attached hydrogens (tertiary/aromatic N) is 1. The van der Waals surface area contributed by atoms with Crippen molar-refractivity contribution in [1.29, 1.82) is 0 Å². The Morgan fingerprint density at radius 2 is 2.40 bits per heavy atom. The van der Waals surface area contributed by atoms with E-state index in [9.17, 15) is 0 Å². The summed E-state index contributed by atoms with van der Waals surface area (Å²) in [6, 6.07) is 0.350. The number of hydrogen-bond donors (Lipinski definition) is 1. The standard InChI is InChI=1S/C8H8N2/c1-2-4-8-7(3-1)5-9-6-10-8/h1-6,8,10H/q+1. The molecule has 0 bridgehead atoms. The molecular formula is C8H8N2+. The fraction of sp³-hybridized carbons (Fsp3) is 0.125. The SMILES string of the molecule is C1=CC2=C[N+]=CNC2C=C1. The molecule has 1 aliphatic heterocycles. The molecule has 2 rings (SSSR count). The van der Waals surface area contributed by atoms with Crippen LogP contribution in [-0.2, 0) is 0 Å². The molecule has 49 valence electrons. The smallest absolute Gasteiger partial charge is 0.267 e. The Morgan fingerprint density at radius 1 is 1.40 bits per heavy atom. The monoisotopic (exact) mass is 132 g/mol. The van der Waals surface area contributed by atoms with E-state index in [1.54, 1.807) is 6.34 Å². The highest BCUT2D eigenvalue weighted by atomic mass is 15.0. The van der Waals surface area contributed by atoms with Crippen LogP contribution in [0.2, 0.25) is 0 Å². The molecule has 0 saturated heterocycles. The second-order valence-corrected chi connectivity index (χ2v) is 2.30. The van der Waals surface area contributed by atoms with E-state index in [1.165, 1.54) is 5.57 Å². The van der Waals surface area contributed by atoms with Crippen LogP contribution in [0.3, 0.4) is 0 Å². The molecule has 1 unspecified atom stereocenters. The van der Waals surface area contributed by atoms with E-state index in [0.717, 1.165) is 0 Å². The van der Waals surface area contributed by atoms with Gasteiger partial charge in [0.15, 0.2) is 0 Å². The second-order valence-electron chi connectivity index (χ2n) is 2.30. The Kier molecular flexibility index (Phi) is 1.17. The molecule has 2 aliphatic rings. The summed E-state index contributed by atoms with van der Waals surface area (Å²) in [6.07, 6.45) is 11.8.